The predicted molar refractivity (Wildman–Crippen MR) is 99.6 cm³/mol. The molecule has 1 aromatic rings. The monoisotopic (exact) mass is 409 g/mol. The maximum Gasteiger partial charge on any atom is 0.407 e. The van der Waals surface area contributed by atoms with Crippen molar-refractivity contribution in [1.29, 1.82) is 0 Å². The number of hydrogen-bond acceptors (Lipinski definition) is 6. The molecule has 0 radical (unpaired) electrons. The lowest BCUT2D eigenvalue weighted by Crippen LogP contribution is -2.42. The summed E-state index contributed by atoms with van der Waals surface area (Å²) in [6, 6.07) is 6.95. The van der Waals surface area contributed by atoms with Crippen molar-refractivity contribution in [2.24, 2.45) is 16.6 Å². The van der Waals surface area contributed by atoms with Crippen LogP contribution in [0.1, 0.15) is 18.4 Å². The van der Waals surface area contributed by atoms with Gasteiger partial charge in [0, 0.05) is 25.4 Å². The Labute approximate surface area is 166 Å². The first-order valence-electron chi connectivity index (χ1n) is 9.34. The molecule has 156 valence electrons. The molecule has 1 unspecified atom stereocenters. The van der Waals surface area contributed by atoms with Crippen LogP contribution in [0.4, 0.5) is 13.2 Å². The molecule has 1 amide bonds. The van der Waals surface area contributed by atoms with Crippen LogP contribution in [-0.4, -0.2) is 54.7 Å². The average Bonchev–Trinajstić information content (AvgIpc) is 3.34. The van der Waals surface area contributed by atoms with Crippen molar-refractivity contribution in [2.45, 2.75) is 24.6 Å². The minimum Gasteiger partial charge on any atom is -0.493 e. The lowest BCUT2D eigenvalue weighted by atomic mass is 9.83. The van der Waals surface area contributed by atoms with Gasteiger partial charge in [-0.25, -0.2) is 10.4 Å². The Morgan fingerprint density at radius 1 is 1.38 bits per heavy atom. The Morgan fingerprint density at radius 2 is 2.14 bits per heavy atom. The zero-order chi connectivity index (χ0) is 20.8. The van der Waals surface area contributed by atoms with Crippen molar-refractivity contribution in [1.82, 2.24) is 15.3 Å². The van der Waals surface area contributed by atoms with Gasteiger partial charge in [0.15, 0.2) is 11.5 Å². The maximum absolute atomic E-state index is 13.2. The Morgan fingerprint density at radius 3 is 2.76 bits per heavy atom. The first-order valence-corrected chi connectivity index (χ1v) is 9.34. The molecule has 29 heavy (non-hydrogen) atoms. The molecule has 1 atom stereocenters. The molecule has 1 aliphatic carbocycles. The van der Waals surface area contributed by atoms with Crippen LogP contribution < -0.4 is 15.9 Å². The largest absolute Gasteiger partial charge is 0.493 e. The molecule has 10 heteroatoms. The van der Waals surface area contributed by atoms with Gasteiger partial charge in [-0.05, 0) is 36.5 Å². The molecule has 1 aromatic carbocycles. The number of hydrogen-bond donors (Lipinski definition) is 2. The van der Waals surface area contributed by atoms with E-state index in [4.69, 9.17) is 10.5 Å². The number of amides is 1. The van der Waals surface area contributed by atoms with Gasteiger partial charge in [0.25, 0.3) is 5.91 Å². The van der Waals surface area contributed by atoms with Crippen LogP contribution in [0.5, 0.6) is 5.75 Å². The molecule has 1 saturated carbocycles. The average molecular weight is 409 g/mol. The van der Waals surface area contributed by atoms with E-state index in [0.29, 0.717) is 29.4 Å². The summed E-state index contributed by atoms with van der Waals surface area (Å²) >= 11 is 0. The molecule has 4 rings (SSSR count). The Balaban J connectivity index is 1.71. The van der Waals surface area contributed by atoms with Crippen molar-refractivity contribution >= 4 is 11.9 Å². The summed E-state index contributed by atoms with van der Waals surface area (Å²) in [5.41, 5.74) is 7.94. The van der Waals surface area contributed by atoms with Crippen molar-refractivity contribution in [3.05, 3.63) is 41.6 Å². The third kappa shape index (κ3) is 3.76. The number of rotatable bonds is 6. The van der Waals surface area contributed by atoms with Crippen LogP contribution in [0.15, 0.2) is 41.0 Å². The summed E-state index contributed by atoms with van der Waals surface area (Å²) < 4.78 is 44.2. The molecule has 0 bridgehead atoms. The van der Waals surface area contributed by atoms with Gasteiger partial charge in [0.1, 0.15) is 12.3 Å². The van der Waals surface area contributed by atoms with E-state index in [0.717, 1.165) is 17.9 Å². The fraction of sp³-hybridized carbons (Fsp3) is 0.474. The standard InChI is InChI=1S/C19H22F3N5O2/c1-26-16(28)19(25-17(26)23,14-8-24-27(9-14)11-18(20,21)22)13-3-2-4-15(7-13)29-10-12-5-6-12/h2-4,7,9,12,24H,5-6,8,10-11H2,1H3,(H2,23,25). The topological polar surface area (TPSA) is 83.2 Å². The highest BCUT2D eigenvalue weighted by Crippen LogP contribution is 2.42. The normalized spacial score (nSPS) is 24.8. The number of guanidine groups is 1. The third-order valence-electron chi connectivity index (χ3n) is 5.27. The number of hydrazine groups is 1. The molecular formula is C19H22F3N5O2. The number of nitrogens with two attached hydrogens (primary N) is 1. The number of alkyl halides is 3. The Kier molecular flexibility index (Phi) is 4.68. The lowest BCUT2D eigenvalue weighted by Gasteiger charge is -2.26. The molecule has 0 saturated heterocycles. The van der Waals surface area contributed by atoms with Crippen molar-refractivity contribution in [3.8, 4) is 5.75 Å². The molecule has 0 aromatic heterocycles. The van der Waals surface area contributed by atoms with E-state index in [1.807, 2.05) is 0 Å². The van der Waals surface area contributed by atoms with Gasteiger partial charge in [-0.3, -0.25) is 9.69 Å². The highest BCUT2D eigenvalue weighted by molar-refractivity contribution is 6.08. The Bertz CT molecular complexity index is 881. The smallest absolute Gasteiger partial charge is 0.407 e. The lowest BCUT2D eigenvalue weighted by molar-refractivity contribution is -0.144. The van der Waals surface area contributed by atoms with Gasteiger partial charge >= 0.3 is 6.18 Å². The summed E-state index contributed by atoms with van der Waals surface area (Å²) in [4.78, 5) is 18.8. The van der Waals surface area contributed by atoms with Gasteiger partial charge in [-0.1, -0.05) is 12.1 Å². The van der Waals surface area contributed by atoms with Crippen LogP contribution in [0.25, 0.3) is 0 Å². The fourth-order valence-corrected chi connectivity index (χ4v) is 3.52. The number of nitrogens with zero attached hydrogens (tertiary/aromatic N) is 3. The zero-order valence-electron chi connectivity index (χ0n) is 15.9. The second-order valence-corrected chi connectivity index (χ2v) is 7.56. The van der Waals surface area contributed by atoms with Crippen LogP contribution in [0.2, 0.25) is 0 Å². The molecule has 3 aliphatic rings. The number of ether oxygens (including phenoxy) is 1. The molecule has 2 aliphatic heterocycles. The van der Waals surface area contributed by atoms with E-state index < -0.39 is 24.2 Å². The van der Waals surface area contributed by atoms with Crippen molar-refractivity contribution < 1.29 is 22.7 Å². The molecule has 3 N–H and O–H groups in total. The summed E-state index contributed by atoms with van der Waals surface area (Å²) in [6.45, 7) is -0.542. The molecule has 7 nitrogen and oxygen atoms in total. The SMILES string of the molecule is CN1C(=O)C(C2=CN(CC(F)(F)F)NC2)(c2cccc(OCC3CC3)c2)N=C1N. The fourth-order valence-electron chi connectivity index (χ4n) is 3.52. The first-order chi connectivity index (χ1) is 13.7. The number of halogens is 3. The highest BCUT2D eigenvalue weighted by Gasteiger charge is 2.52. The highest BCUT2D eigenvalue weighted by atomic mass is 19.4. The van der Waals surface area contributed by atoms with E-state index in [1.165, 1.54) is 18.1 Å². The number of nitrogens with one attached hydrogen (secondary N) is 1. The predicted octanol–water partition coefficient (Wildman–Crippen LogP) is 1.72. The van der Waals surface area contributed by atoms with Gasteiger partial charge in [0.05, 0.1) is 6.61 Å². The van der Waals surface area contributed by atoms with Crippen LogP contribution in [0, 0.1) is 5.92 Å². The number of carbonyl (C=O) groups is 1. The summed E-state index contributed by atoms with van der Waals surface area (Å²) in [5.74, 6) is 0.729. The van der Waals surface area contributed by atoms with Gasteiger partial charge in [-0.2, -0.15) is 13.2 Å². The quantitative estimate of drug-likeness (QED) is 0.748. The van der Waals surface area contributed by atoms with Crippen LogP contribution >= 0.6 is 0 Å². The van der Waals surface area contributed by atoms with Crippen LogP contribution in [-0.2, 0) is 10.3 Å². The third-order valence-corrected chi connectivity index (χ3v) is 5.27. The van der Waals surface area contributed by atoms with Gasteiger partial charge in [0.2, 0.25) is 0 Å². The van der Waals surface area contributed by atoms with E-state index >= 15 is 0 Å². The maximum atomic E-state index is 13.2. The van der Waals surface area contributed by atoms with Gasteiger partial charge in [-0.15, -0.1) is 0 Å². The summed E-state index contributed by atoms with van der Waals surface area (Å²) in [7, 11) is 1.49. The molecule has 1 fully saturated rings. The summed E-state index contributed by atoms with van der Waals surface area (Å²) in [6.07, 6.45) is -0.816. The van der Waals surface area contributed by atoms with Crippen molar-refractivity contribution in [3.63, 3.8) is 0 Å². The number of likely N-dealkylation sites (N-methyl/N-ethyl adjacent to an activating group) is 1. The van der Waals surface area contributed by atoms with E-state index in [-0.39, 0.29) is 12.5 Å². The number of carbonyl (C=O) groups excluding carboxylic acids is 1. The molecule has 2 heterocycles. The van der Waals surface area contributed by atoms with Crippen LogP contribution in [0.3, 0.4) is 0 Å². The number of aliphatic imine (C=N–C) groups is 1. The van der Waals surface area contributed by atoms with Crippen molar-refractivity contribution in [2.75, 3.05) is 26.7 Å². The van der Waals surface area contributed by atoms with E-state index in [1.54, 1.807) is 24.3 Å². The molecular weight excluding hydrogens is 387 g/mol. The second kappa shape index (κ2) is 6.94. The number of benzene rings is 1. The minimum absolute atomic E-state index is 0.00877. The van der Waals surface area contributed by atoms with E-state index in [9.17, 15) is 18.0 Å². The second-order valence-electron chi connectivity index (χ2n) is 7.56. The Hall–Kier alpha value is -2.75. The van der Waals surface area contributed by atoms with E-state index in [2.05, 4.69) is 10.4 Å². The summed E-state index contributed by atoms with van der Waals surface area (Å²) in [5, 5.41) is 0.918. The minimum atomic E-state index is -4.39. The first kappa shape index (κ1) is 19.6. The zero-order valence-corrected chi connectivity index (χ0v) is 15.9. The molecule has 0 spiro atoms. The van der Waals surface area contributed by atoms with Gasteiger partial charge < -0.3 is 15.5 Å².